The Labute approximate surface area is 95.0 Å². The predicted octanol–water partition coefficient (Wildman–Crippen LogP) is 1.96. The second-order valence-electron chi connectivity index (χ2n) is 3.73. The zero-order chi connectivity index (χ0) is 10.5. The van der Waals surface area contributed by atoms with Gasteiger partial charge in [0.1, 0.15) is 5.15 Å². The normalized spacial score (nSPS) is 18.7. The zero-order valence-corrected chi connectivity index (χ0v) is 9.41. The first-order valence-corrected chi connectivity index (χ1v) is 5.63. The van der Waals surface area contributed by atoms with Crippen LogP contribution in [0.4, 0.5) is 0 Å². The average molecular weight is 227 g/mol. The highest BCUT2D eigenvalue weighted by Crippen LogP contribution is 2.09. The number of halogens is 1. The molecule has 0 N–H and O–H groups in total. The van der Waals surface area contributed by atoms with Gasteiger partial charge in [0.2, 0.25) is 0 Å². The van der Waals surface area contributed by atoms with Crippen molar-refractivity contribution in [3.05, 3.63) is 29.0 Å². The van der Waals surface area contributed by atoms with Gasteiger partial charge in [-0.15, -0.1) is 0 Å². The number of nitrogens with zero attached hydrogens (tertiary/aromatic N) is 2. The van der Waals surface area contributed by atoms with Crippen LogP contribution in [0.1, 0.15) is 12.0 Å². The molecule has 2 rings (SSSR count). The molecule has 0 atom stereocenters. The first-order valence-electron chi connectivity index (χ1n) is 5.25. The van der Waals surface area contributed by atoms with Crippen molar-refractivity contribution in [2.24, 2.45) is 0 Å². The lowest BCUT2D eigenvalue weighted by Gasteiger charge is -2.18. The highest BCUT2D eigenvalue weighted by molar-refractivity contribution is 6.29. The summed E-state index contributed by atoms with van der Waals surface area (Å²) >= 11 is 5.74. The molecule has 0 amide bonds. The second-order valence-corrected chi connectivity index (χ2v) is 4.12. The van der Waals surface area contributed by atoms with E-state index in [0.29, 0.717) is 5.15 Å². The van der Waals surface area contributed by atoms with Crippen LogP contribution in [0.3, 0.4) is 0 Å². The molecule has 0 saturated carbocycles. The van der Waals surface area contributed by atoms with Crippen LogP contribution >= 0.6 is 11.6 Å². The van der Waals surface area contributed by atoms with E-state index in [1.165, 1.54) is 5.56 Å². The van der Waals surface area contributed by atoms with E-state index in [4.69, 9.17) is 16.3 Å². The summed E-state index contributed by atoms with van der Waals surface area (Å²) < 4.78 is 5.40. The highest BCUT2D eigenvalue weighted by Gasteiger charge is 2.09. The van der Waals surface area contributed by atoms with Crippen molar-refractivity contribution in [1.82, 2.24) is 9.88 Å². The van der Waals surface area contributed by atoms with Gasteiger partial charge in [-0.25, -0.2) is 4.98 Å². The second kappa shape index (κ2) is 5.45. The first kappa shape index (κ1) is 10.9. The number of rotatable bonds is 2. The fourth-order valence-corrected chi connectivity index (χ4v) is 1.83. The van der Waals surface area contributed by atoms with E-state index in [-0.39, 0.29) is 0 Å². The molecule has 0 unspecified atom stereocenters. The van der Waals surface area contributed by atoms with Crippen molar-refractivity contribution < 1.29 is 4.74 Å². The summed E-state index contributed by atoms with van der Waals surface area (Å²) in [6, 6.07) is 3.87. The van der Waals surface area contributed by atoms with Gasteiger partial charge in [-0.1, -0.05) is 17.7 Å². The Hall–Kier alpha value is -0.640. The van der Waals surface area contributed by atoms with Crippen LogP contribution in [0.15, 0.2) is 18.3 Å². The summed E-state index contributed by atoms with van der Waals surface area (Å²) in [6.07, 6.45) is 2.95. The van der Waals surface area contributed by atoms with Crippen LogP contribution in [0, 0.1) is 0 Å². The molecule has 3 nitrogen and oxygen atoms in total. The fourth-order valence-electron chi connectivity index (χ4n) is 1.71. The molecule has 4 heteroatoms. The third-order valence-corrected chi connectivity index (χ3v) is 2.73. The molecular weight excluding hydrogens is 212 g/mol. The molecule has 1 aromatic heterocycles. The predicted molar refractivity (Wildman–Crippen MR) is 60.0 cm³/mol. The number of hydrogen-bond donors (Lipinski definition) is 0. The maximum Gasteiger partial charge on any atom is 0.129 e. The van der Waals surface area contributed by atoms with Gasteiger partial charge in [0.05, 0.1) is 6.61 Å². The highest BCUT2D eigenvalue weighted by atomic mass is 35.5. The lowest BCUT2D eigenvalue weighted by atomic mass is 10.2. The van der Waals surface area contributed by atoms with Gasteiger partial charge in [0.25, 0.3) is 0 Å². The molecule has 1 saturated heterocycles. The van der Waals surface area contributed by atoms with E-state index in [0.717, 1.165) is 39.3 Å². The molecular formula is C11H15ClN2O. The van der Waals surface area contributed by atoms with Gasteiger partial charge in [0.15, 0.2) is 0 Å². The number of ether oxygens (including phenoxy) is 1. The van der Waals surface area contributed by atoms with Crippen LogP contribution < -0.4 is 0 Å². The van der Waals surface area contributed by atoms with Gasteiger partial charge < -0.3 is 4.74 Å². The van der Waals surface area contributed by atoms with Gasteiger partial charge >= 0.3 is 0 Å². The van der Waals surface area contributed by atoms with Crippen molar-refractivity contribution in [2.45, 2.75) is 13.0 Å². The Morgan fingerprint density at radius 2 is 2.27 bits per heavy atom. The number of hydrogen-bond acceptors (Lipinski definition) is 3. The molecule has 0 bridgehead atoms. The fraction of sp³-hybridized carbons (Fsp3) is 0.545. The largest absolute Gasteiger partial charge is 0.380 e. The lowest BCUT2D eigenvalue weighted by Crippen LogP contribution is -2.25. The van der Waals surface area contributed by atoms with Crippen molar-refractivity contribution in [3.63, 3.8) is 0 Å². The summed E-state index contributed by atoms with van der Waals surface area (Å²) in [6.45, 7) is 4.76. The minimum atomic E-state index is 0.554. The van der Waals surface area contributed by atoms with Crippen LogP contribution in [0.25, 0.3) is 0 Å². The number of pyridine rings is 1. The molecule has 82 valence electrons. The standard InChI is InChI=1S/C11H15ClN2O/c12-11-3-2-10(8-13-11)9-14-4-1-6-15-7-5-14/h2-3,8H,1,4-7,9H2. The van der Waals surface area contributed by atoms with Crippen molar-refractivity contribution in [2.75, 3.05) is 26.3 Å². The van der Waals surface area contributed by atoms with E-state index in [2.05, 4.69) is 9.88 Å². The molecule has 2 heterocycles. The molecule has 15 heavy (non-hydrogen) atoms. The van der Waals surface area contributed by atoms with E-state index in [1.54, 1.807) is 0 Å². The smallest absolute Gasteiger partial charge is 0.129 e. The lowest BCUT2D eigenvalue weighted by molar-refractivity contribution is 0.140. The van der Waals surface area contributed by atoms with Gasteiger partial charge in [-0.2, -0.15) is 0 Å². The Bertz CT molecular complexity index is 294. The summed E-state index contributed by atoms with van der Waals surface area (Å²) in [5.41, 5.74) is 1.21. The first-order chi connectivity index (χ1) is 7.34. The molecule has 0 radical (unpaired) electrons. The third-order valence-electron chi connectivity index (χ3n) is 2.51. The minimum Gasteiger partial charge on any atom is -0.380 e. The van der Waals surface area contributed by atoms with Gasteiger partial charge in [-0.05, 0) is 18.1 Å². The summed E-state index contributed by atoms with van der Waals surface area (Å²) in [7, 11) is 0. The summed E-state index contributed by atoms with van der Waals surface area (Å²) in [4.78, 5) is 6.46. The quantitative estimate of drug-likeness (QED) is 0.721. The van der Waals surface area contributed by atoms with Crippen molar-refractivity contribution in [1.29, 1.82) is 0 Å². The van der Waals surface area contributed by atoms with E-state index >= 15 is 0 Å². The molecule has 0 spiro atoms. The number of aromatic nitrogens is 1. The van der Waals surface area contributed by atoms with E-state index < -0.39 is 0 Å². The average Bonchev–Trinajstić information content (AvgIpc) is 2.50. The van der Waals surface area contributed by atoms with E-state index in [9.17, 15) is 0 Å². The third kappa shape index (κ3) is 3.45. The van der Waals surface area contributed by atoms with Gasteiger partial charge in [0, 0.05) is 32.4 Å². The monoisotopic (exact) mass is 226 g/mol. The SMILES string of the molecule is Clc1ccc(CN2CCCOCC2)cn1. The van der Waals surface area contributed by atoms with Crippen LogP contribution in [-0.4, -0.2) is 36.2 Å². The van der Waals surface area contributed by atoms with Gasteiger partial charge in [-0.3, -0.25) is 4.90 Å². The van der Waals surface area contributed by atoms with Crippen LogP contribution in [0.5, 0.6) is 0 Å². The van der Waals surface area contributed by atoms with E-state index in [1.807, 2.05) is 18.3 Å². The Morgan fingerprint density at radius 1 is 1.33 bits per heavy atom. The zero-order valence-electron chi connectivity index (χ0n) is 8.66. The van der Waals surface area contributed by atoms with Crippen LogP contribution in [-0.2, 0) is 11.3 Å². The maximum absolute atomic E-state index is 5.74. The van der Waals surface area contributed by atoms with Crippen molar-refractivity contribution in [3.8, 4) is 0 Å². The Balaban J connectivity index is 1.92. The Morgan fingerprint density at radius 3 is 3.07 bits per heavy atom. The molecule has 1 aliphatic rings. The van der Waals surface area contributed by atoms with Crippen LogP contribution in [0.2, 0.25) is 5.15 Å². The van der Waals surface area contributed by atoms with Crippen molar-refractivity contribution >= 4 is 11.6 Å². The maximum atomic E-state index is 5.74. The topological polar surface area (TPSA) is 25.4 Å². The molecule has 1 aromatic rings. The molecule has 1 aliphatic heterocycles. The molecule has 0 aliphatic carbocycles. The molecule has 1 fully saturated rings. The summed E-state index contributed by atoms with van der Waals surface area (Å²) in [5.74, 6) is 0. The Kier molecular flexibility index (Phi) is 3.94. The minimum absolute atomic E-state index is 0.554. The molecule has 0 aromatic carbocycles. The summed E-state index contributed by atoms with van der Waals surface area (Å²) in [5, 5.41) is 0.554.